The molecule has 2 aromatic rings. The van der Waals surface area contributed by atoms with Gasteiger partial charge in [0.2, 0.25) is 5.91 Å². The molecule has 25 heavy (non-hydrogen) atoms. The Hall–Kier alpha value is -1.63. The van der Waals surface area contributed by atoms with E-state index in [9.17, 15) is 9.18 Å². The maximum atomic E-state index is 14.3. The van der Waals surface area contributed by atoms with E-state index >= 15 is 0 Å². The Bertz CT molecular complexity index is 722. The first-order chi connectivity index (χ1) is 11.0. The molecule has 3 N–H and O–H groups in total. The number of imidazole rings is 1. The zero-order valence-corrected chi connectivity index (χ0v) is 15.6. The minimum absolute atomic E-state index is 0. The van der Waals surface area contributed by atoms with Crippen molar-refractivity contribution in [3.05, 3.63) is 47.8 Å². The fourth-order valence-electron chi connectivity index (χ4n) is 3.08. The molecule has 1 heterocycles. The third-order valence-corrected chi connectivity index (χ3v) is 4.41. The summed E-state index contributed by atoms with van der Waals surface area (Å²) in [6, 6.07) is 5.10. The summed E-state index contributed by atoms with van der Waals surface area (Å²) in [6.07, 6.45) is 5.82. The van der Waals surface area contributed by atoms with Crippen LogP contribution < -0.4 is 11.1 Å². The number of carbonyl (C=O) groups excluding carboxylic acids is 1. The predicted octanol–water partition coefficient (Wildman–Crippen LogP) is 2.91. The smallest absolute Gasteiger partial charge is 0.223 e. The monoisotopic (exact) mass is 388 g/mol. The second-order valence-corrected chi connectivity index (χ2v) is 6.12. The molecule has 1 aromatic heterocycles. The molecular formula is C17H23Cl2FN4O. The van der Waals surface area contributed by atoms with Gasteiger partial charge >= 0.3 is 0 Å². The molecule has 2 unspecified atom stereocenters. The van der Waals surface area contributed by atoms with Gasteiger partial charge < -0.3 is 15.6 Å². The minimum Gasteiger partial charge on any atom is -0.352 e. The van der Waals surface area contributed by atoms with Crippen molar-refractivity contribution in [2.75, 3.05) is 0 Å². The molecule has 1 saturated carbocycles. The van der Waals surface area contributed by atoms with Gasteiger partial charge in [-0.05, 0) is 43.9 Å². The summed E-state index contributed by atoms with van der Waals surface area (Å²) >= 11 is 0. The molecule has 0 bridgehead atoms. The molecule has 2 atom stereocenters. The fourth-order valence-corrected chi connectivity index (χ4v) is 3.08. The Balaban J connectivity index is 0.00000156. The number of hydrogen-bond donors (Lipinski definition) is 2. The van der Waals surface area contributed by atoms with Gasteiger partial charge in [0.05, 0.1) is 5.69 Å². The van der Waals surface area contributed by atoms with Crippen LogP contribution in [0, 0.1) is 18.7 Å². The fraction of sp³-hybridized carbons (Fsp3) is 0.412. The summed E-state index contributed by atoms with van der Waals surface area (Å²) < 4.78 is 16.0. The Morgan fingerprint density at radius 1 is 1.40 bits per heavy atom. The van der Waals surface area contributed by atoms with Crippen molar-refractivity contribution in [1.29, 1.82) is 0 Å². The number of hydrogen-bond acceptors (Lipinski definition) is 3. The lowest BCUT2D eigenvalue weighted by Gasteiger charge is -2.12. The molecule has 5 nitrogen and oxygen atoms in total. The number of aryl methyl sites for hydroxylation is 1. The highest BCUT2D eigenvalue weighted by atomic mass is 35.5. The number of amides is 1. The van der Waals surface area contributed by atoms with Crippen LogP contribution >= 0.6 is 24.8 Å². The van der Waals surface area contributed by atoms with Gasteiger partial charge in [0.25, 0.3) is 0 Å². The van der Waals surface area contributed by atoms with E-state index in [1.165, 1.54) is 6.07 Å². The van der Waals surface area contributed by atoms with E-state index in [4.69, 9.17) is 5.73 Å². The lowest BCUT2D eigenvalue weighted by Crippen LogP contribution is -2.30. The molecule has 8 heteroatoms. The maximum Gasteiger partial charge on any atom is 0.223 e. The molecule has 1 aliphatic carbocycles. The van der Waals surface area contributed by atoms with Crippen molar-refractivity contribution in [1.82, 2.24) is 14.9 Å². The highest BCUT2D eigenvalue weighted by molar-refractivity contribution is 5.85. The summed E-state index contributed by atoms with van der Waals surface area (Å²) in [6.45, 7) is 2.14. The molecule has 1 amide bonds. The van der Waals surface area contributed by atoms with Crippen LogP contribution in [0.5, 0.6) is 0 Å². The van der Waals surface area contributed by atoms with Gasteiger partial charge in [0, 0.05) is 30.9 Å². The molecule has 3 rings (SSSR count). The SMILES string of the molecule is Cc1nccn1-c1ccc(CNC(=O)C2CCC(N)C2)cc1F.Cl.Cl. The van der Waals surface area contributed by atoms with Crippen LogP contribution in [0.3, 0.4) is 0 Å². The summed E-state index contributed by atoms with van der Waals surface area (Å²) in [5, 5.41) is 2.87. The number of rotatable bonds is 4. The first-order valence-electron chi connectivity index (χ1n) is 7.86. The zero-order chi connectivity index (χ0) is 16.4. The average Bonchev–Trinajstić information content (AvgIpc) is 3.14. The van der Waals surface area contributed by atoms with E-state index in [1.54, 1.807) is 23.0 Å². The van der Waals surface area contributed by atoms with E-state index in [1.807, 2.05) is 13.0 Å². The number of aromatic nitrogens is 2. The van der Waals surface area contributed by atoms with Crippen LogP contribution in [0.15, 0.2) is 30.6 Å². The van der Waals surface area contributed by atoms with E-state index in [2.05, 4.69) is 10.3 Å². The van der Waals surface area contributed by atoms with Crippen LogP contribution in [0.2, 0.25) is 0 Å². The van der Waals surface area contributed by atoms with Gasteiger partial charge in [0.15, 0.2) is 0 Å². The second kappa shape index (κ2) is 9.17. The maximum absolute atomic E-state index is 14.3. The predicted molar refractivity (Wildman–Crippen MR) is 99.9 cm³/mol. The number of halogens is 3. The molecular weight excluding hydrogens is 366 g/mol. The van der Waals surface area contributed by atoms with Crippen molar-refractivity contribution >= 4 is 30.7 Å². The van der Waals surface area contributed by atoms with E-state index < -0.39 is 0 Å². The lowest BCUT2D eigenvalue weighted by molar-refractivity contribution is -0.125. The van der Waals surface area contributed by atoms with Crippen LogP contribution in [0.1, 0.15) is 30.7 Å². The average molecular weight is 389 g/mol. The standard InChI is InChI=1S/C17H21FN4O.2ClH/c1-11-20-6-7-22(11)16-5-2-12(8-15(16)18)10-21-17(23)13-3-4-14(19)9-13;;/h2,5-8,13-14H,3-4,9-10,19H2,1H3,(H,21,23);2*1H. The van der Waals surface area contributed by atoms with Crippen LogP contribution in [0.4, 0.5) is 4.39 Å². The highest BCUT2D eigenvalue weighted by Crippen LogP contribution is 2.24. The highest BCUT2D eigenvalue weighted by Gasteiger charge is 2.27. The second-order valence-electron chi connectivity index (χ2n) is 6.12. The molecule has 0 saturated heterocycles. The Labute approximate surface area is 159 Å². The topological polar surface area (TPSA) is 72.9 Å². The van der Waals surface area contributed by atoms with Crippen LogP contribution in [-0.2, 0) is 11.3 Å². The van der Waals surface area contributed by atoms with E-state index in [-0.39, 0.29) is 48.5 Å². The van der Waals surface area contributed by atoms with Crippen LogP contribution in [-0.4, -0.2) is 21.5 Å². The normalized spacial score (nSPS) is 19.0. The van der Waals surface area contributed by atoms with Gasteiger partial charge in [-0.25, -0.2) is 9.37 Å². The molecule has 1 aliphatic rings. The summed E-state index contributed by atoms with van der Waals surface area (Å²) in [5.41, 5.74) is 7.02. The van der Waals surface area contributed by atoms with Crippen molar-refractivity contribution in [3.8, 4) is 5.69 Å². The van der Waals surface area contributed by atoms with Gasteiger partial charge in [-0.2, -0.15) is 0 Å². The molecule has 0 radical (unpaired) electrons. The number of carbonyl (C=O) groups is 1. The van der Waals surface area contributed by atoms with Gasteiger partial charge in [-0.1, -0.05) is 6.07 Å². The van der Waals surface area contributed by atoms with Crippen molar-refractivity contribution < 1.29 is 9.18 Å². The van der Waals surface area contributed by atoms with Crippen molar-refractivity contribution in [2.45, 2.75) is 38.8 Å². The number of benzene rings is 1. The van der Waals surface area contributed by atoms with Crippen LogP contribution in [0.25, 0.3) is 5.69 Å². The number of nitrogens with two attached hydrogens (primary N) is 1. The number of nitrogens with one attached hydrogen (secondary N) is 1. The summed E-state index contributed by atoms with van der Waals surface area (Å²) in [7, 11) is 0. The molecule has 138 valence electrons. The van der Waals surface area contributed by atoms with Gasteiger partial charge in [-0.3, -0.25) is 4.79 Å². The molecule has 1 fully saturated rings. The Morgan fingerprint density at radius 2 is 2.16 bits per heavy atom. The molecule has 1 aromatic carbocycles. The minimum atomic E-state index is -0.333. The molecule has 0 aliphatic heterocycles. The van der Waals surface area contributed by atoms with Crippen molar-refractivity contribution in [2.24, 2.45) is 11.7 Å². The Morgan fingerprint density at radius 3 is 2.72 bits per heavy atom. The van der Waals surface area contributed by atoms with Gasteiger partial charge in [0.1, 0.15) is 11.6 Å². The third kappa shape index (κ3) is 4.93. The van der Waals surface area contributed by atoms with Gasteiger partial charge in [-0.15, -0.1) is 24.8 Å². The summed E-state index contributed by atoms with van der Waals surface area (Å²) in [4.78, 5) is 16.2. The third-order valence-electron chi connectivity index (χ3n) is 4.41. The van der Waals surface area contributed by atoms with Crippen molar-refractivity contribution in [3.63, 3.8) is 0 Å². The lowest BCUT2D eigenvalue weighted by atomic mass is 10.1. The summed E-state index contributed by atoms with van der Waals surface area (Å²) in [5.74, 6) is 0.388. The van der Waals surface area contributed by atoms with E-state index in [0.29, 0.717) is 12.2 Å². The molecule has 0 spiro atoms. The van der Waals surface area contributed by atoms with E-state index in [0.717, 1.165) is 30.7 Å². The quantitative estimate of drug-likeness (QED) is 0.845. The zero-order valence-electron chi connectivity index (χ0n) is 13.9. The first-order valence-corrected chi connectivity index (χ1v) is 7.86. The largest absolute Gasteiger partial charge is 0.352 e. The Kier molecular flexibility index (Phi) is 7.86. The number of nitrogens with zero attached hydrogens (tertiary/aromatic N) is 2. The first kappa shape index (κ1) is 21.4.